The van der Waals surface area contributed by atoms with Gasteiger partial charge in [-0.3, -0.25) is 0 Å². The number of hydrogen-bond acceptors (Lipinski definition) is 1. The Labute approximate surface area is 172 Å². The van der Waals surface area contributed by atoms with E-state index in [4.69, 9.17) is 27.6 Å². The van der Waals surface area contributed by atoms with Gasteiger partial charge in [0, 0.05) is 22.1 Å². The van der Waals surface area contributed by atoms with Gasteiger partial charge in [-0.2, -0.15) is 0 Å². The number of furan rings is 1. The summed E-state index contributed by atoms with van der Waals surface area (Å²) >= 11 is 13.6. The van der Waals surface area contributed by atoms with E-state index < -0.39 is 8.80 Å². The molecule has 0 spiro atoms. The summed E-state index contributed by atoms with van der Waals surface area (Å²) in [5, 5.41) is 2.93. The van der Waals surface area contributed by atoms with Crippen LogP contribution in [0.15, 0.2) is 58.1 Å². The lowest BCUT2D eigenvalue weighted by Gasteiger charge is -2.22. The molecule has 2 aromatic carbocycles. The number of halogens is 2. The summed E-state index contributed by atoms with van der Waals surface area (Å²) in [4.78, 5) is 0. The van der Waals surface area contributed by atoms with E-state index in [2.05, 4.69) is 49.5 Å². The molecular weight excluding hydrogens is 391 g/mol. The molecule has 0 fully saturated rings. The van der Waals surface area contributed by atoms with Crippen LogP contribution in [0.1, 0.15) is 33.9 Å². The molecule has 4 rings (SSSR count). The van der Waals surface area contributed by atoms with Gasteiger partial charge >= 0.3 is 0 Å². The molecule has 27 heavy (non-hydrogen) atoms. The van der Waals surface area contributed by atoms with Crippen molar-refractivity contribution in [3.8, 4) is 11.3 Å². The third-order valence-electron chi connectivity index (χ3n) is 5.24. The minimum Gasteiger partial charge on any atom is -0.461 e. The summed E-state index contributed by atoms with van der Waals surface area (Å²) in [5.74, 6) is 1.93. The van der Waals surface area contributed by atoms with Crippen LogP contribution in [0.2, 0.25) is 18.1 Å². The van der Waals surface area contributed by atoms with E-state index in [0.717, 1.165) is 38.3 Å². The zero-order chi connectivity index (χ0) is 19.3. The van der Waals surface area contributed by atoms with E-state index in [1.165, 1.54) is 16.3 Å². The number of allylic oxidation sites excluding steroid dienone is 1. The fraction of sp³-hybridized carbons (Fsp3) is 0.217. The summed E-state index contributed by atoms with van der Waals surface area (Å²) in [6, 6.07) is 16.8. The lowest BCUT2D eigenvalue weighted by Crippen LogP contribution is -2.14. The standard InChI is InChI=1S/C23H21Cl2OSi/c1-13-9-11-17-19(23(27(3)4)22(25)20(17)21(13)24)16-8-6-5-7-15(16)18-12-10-14(2)26-18/h5-12,19H,1-4H3. The van der Waals surface area contributed by atoms with E-state index in [0.29, 0.717) is 0 Å². The predicted octanol–water partition coefficient (Wildman–Crippen LogP) is 7.61. The Balaban J connectivity index is 1.99. The van der Waals surface area contributed by atoms with Crippen LogP contribution in [0.3, 0.4) is 0 Å². The highest BCUT2D eigenvalue weighted by Gasteiger charge is 2.36. The highest BCUT2D eigenvalue weighted by Crippen LogP contribution is 2.52. The van der Waals surface area contributed by atoms with Crippen molar-refractivity contribution in [3.05, 3.63) is 86.8 Å². The summed E-state index contributed by atoms with van der Waals surface area (Å²) in [5.41, 5.74) is 5.61. The Morgan fingerprint density at radius 2 is 1.63 bits per heavy atom. The smallest absolute Gasteiger partial charge is 0.134 e. The lowest BCUT2D eigenvalue weighted by atomic mass is 9.88. The average Bonchev–Trinajstić information content (AvgIpc) is 3.19. The predicted molar refractivity (Wildman–Crippen MR) is 117 cm³/mol. The average molecular weight is 412 g/mol. The van der Waals surface area contributed by atoms with E-state index in [-0.39, 0.29) is 5.92 Å². The van der Waals surface area contributed by atoms with Gasteiger partial charge in [0.15, 0.2) is 0 Å². The van der Waals surface area contributed by atoms with E-state index >= 15 is 0 Å². The molecule has 1 atom stereocenters. The van der Waals surface area contributed by atoms with Crippen LogP contribution in [-0.4, -0.2) is 8.80 Å². The van der Waals surface area contributed by atoms with Gasteiger partial charge in [0.1, 0.15) is 11.5 Å². The minimum atomic E-state index is -0.786. The van der Waals surface area contributed by atoms with Gasteiger partial charge in [0.05, 0.1) is 13.8 Å². The quantitative estimate of drug-likeness (QED) is 0.404. The van der Waals surface area contributed by atoms with Crippen LogP contribution in [0.5, 0.6) is 0 Å². The van der Waals surface area contributed by atoms with Crippen LogP contribution in [0.4, 0.5) is 0 Å². The lowest BCUT2D eigenvalue weighted by molar-refractivity contribution is 0.547. The van der Waals surface area contributed by atoms with Crippen LogP contribution < -0.4 is 0 Å². The molecule has 1 aromatic heterocycles. The zero-order valence-electron chi connectivity index (χ0n) is 15.9. The van der Waals surface area contributed by atoms with Gasteiger partial charge in [-0.15, -0.1) is 0 Å². The van der Waals surface area contributed by atoms with Crippen molar-refractivity contribution in [2.75, 3.05) is 0 Å². The monoisotopic (exact) mass is 411 g/mol. The molecule has 1 aliphatic rings. The summed E-state index contributed by atoms with van der Waals surface area (Å²) in [6.45, 7) is 8.59. The molecule has 1 unspecified atom stereocenters. The number of hydrogen-bond donors (Lipinski definition) is 0. The SMILES string of the molecule is Cc1ccc(-c2ccccc2C2C([Si](C)C)=C(Cl)c3c2ccc(C)c3Cl)o1. The van der Waals surface area contributed by atoms with Crippen molar-refractivity contribution in [2.24, 2.45) is 0 Å². The summed E-state index contributed by atoms with van der Waals surface area (Å²) in [6.07, 6.45) is 0. The zero-order valence-corrected chi connectivity index (χ0v) is 18.4. The molecular formula is C23H21Cl2OSi. The minimum absolute atomic E-state index is 0.121. The molecule has 4 heteroatoms. The maximum Gasteiger partial charge on any atom is 0.134 e. The molecule has 0 bridgehead atoms. The van der Waals surface area contributed by atoms with Crippen molar-refractivity contribution in [1.29, 1.82) is 0 Å². The Bertz CT molecular complexity index is 1060. The van der Waals surface area contributed by atoms with Crippen molar-refractivity contribution in [1.82, 2.24) is 0 Å². The second-order valence-electron chi connectivity index (χ2n) is 7.32. The molecule has 1 heterocycles. The second-order valence-corrected chi connectivity index (χ2v) is 10.6. The molecule has 137 valence electrons. The fourth-order valence-corrected chi connectivity index (χ4v) is 6.61. The van der Waals surface area contributed by atoms with Crippen LogP contribution in [0, 0.1) is 13.8 Å². The number of aryl methyl sites for hydroxylation is 2. The summed E-state index contributed by atoms with van der Waals surface area (Å²) < 4.78 is 5.96. The van der Waals surface area contributed by atoms with Gasteiger partial charge in [0.25, 0.3) is 0 Å². The molecule has 1 radical (unpaired) electrons. The third kappa shape index (κ3) is 3.00. The highest BCUT2D eigenvalue weighted by molar-refractivity contribution is 6.71. The van der Waals surface area contributed by atoms with Gasteiger partial charge in [-0.05, 0) is 42.7 Å². The first kappa shape index (κ1) is 18.6. The molecule has 0 saturated carbocycles. The van der Waals surface area contributed by atoms with Gasteiger partial charge < -0.3 is 4.42 Å². The van der Waals surface area contributed by atoms with Gasteiger partial charge in [0.2, 0.25) is 0 Å². The molecule has 0 amide bonds. The number of fused-ring (bicyclic) bond motifs is 1. The molecule has 0 saturated heterocycles. The van der Waals surface area contributed by atoms with Crippen molar-refractivity contribution in [2.45, 2.75) is 32.9 Å². The van der Waals surface area contributed by atoms with Crippen molar-refractivity contribution < 1.29 is 4.42 Å². The largest absolute Gasteiger partial charge is 0.461 e. The van der Waals surface area contributed by atoms with Crippen molar-refractivity contribution in [3.63, 3.8) is 0 Å². The Kier molecular flexibility index (Phi) is 4.83. The Hall–Kier alpha value is -1.74. The Morgan fingerprint density at radius 3 is 2.30 bits per heavy atom. The number of benzene rings is 2. The van der Waals surface area contributed by atoms with E-state index in [9.17, 15) is 0 Å². The first-order valence-electron chi connectivity index (χ1n) is 9.05. The first-order chi connectivity index (χ1) is 12.9. The van der Waals surface area contributed by atoms with Gasteiger partial charge in [-0.1, -0.05) is 77.9 Å². The molecule has 0 aliphatic heterocycles. The highest BCUT2D eigenvalue weighted by atomic mass is 35.5. The maximum atomic E-state index is 6.93. The maximum absolute atomic E-state index is 6.93. The summed E-state index contributed by atoms with van der Waals surface area (Å²) in [7, 11) is -0.786. The Morgan fingerprint density at radius 1 is 0.889 bits per heavy atom. The van der Waals surface area contributed by atoms with Crippen LogP contribution in [-0.2, 0) is 0 Å². The first-order valence-corrected chi connectivity index (χ1v) is 12.3. The van der Waals surface area contributed by atoms with Crippen LogP contribution in [0.25, 0.3) is 16.4 Å². The molecule has 0 N–H and O–H groups in total. The normalized spacial score (nSPS) is 16.3. The molecule has 1 aliphatic carbocycles. The molecule has 1 nitrogen and oxygen atoms in total. The third-order valence-corrected chi connectivity index (χ3v) is 7.89. The van der Waals surface area contributed by atoms with E-state index in [1.807, 2.05) is 26.0 Å². The molecule has 3 aromatic rings. The van der Waals surface area contributed by atoms with Crippen LogP contribution >= 0.6 is 23.2 Å². The topological polar surface area (TPSA) is 13.1 Å². The van der Waals surface area contributed by atoms with Crippen molar-refractivity contribution >= 4 is 37.0 Å². The fourth-order valence-electron chi connectivity index (χ4n) is 3.96. The van der Waals surface area contributed by atoms with Gasteiger partial charge in [-0.25, -0.2) is 0 Å². The second kappa shape index (κ2) is 7.01. The van der Waals surface area contributed by atoms with E-state index in [1.54, 1.807) is 0 Å². The number of rotatable bonds is 3.